The van der Waals surface area contributed by atoms with Crippen LogP contribution in [-0.2, 0) is 0 Å². The van der Waals surface area contributed by atoms with Crippen LogP contribution in [0.2, 0.25) is 0 Å². The van der Waals surface area contributed by atoms with Crippen molar-refractivity contribution in [1.82, 2.24) is 0 Å². The smallest absolute Gasteiger partial charge is 0.185 e. The molecule has 0 unspecified atom stereocenters. The predicted octanol–water partition coefficient (Wildman–Crippen LogP) is 4.55. The van der Waals surface area contributed by atoms with Crippen LogP contribution in [0.5, 0.6) is 5.75 Å². The van der Waals surface area contributed by atoms with Crippen LogP contribution >= 0.6 is 0 Å². The Hall–Kier alpha value is -1.57. The van der Waals surface area contributed by atoms with Gasteiger partial charge in [-0.15, -0.1) is 0 Å². The third-order valence-corrected chi connectivity index (χ3v) is 3.34. The number of ether oxygens (including phenoxy) is 1. The van der Waals surface area contributed by atoms with Gasteiger partial charge in [-0.1, -0.05) is 12.0 Å². The number of allylic oxidation sites excluding steroid dienone is 2. The number of carbonyl (C=O) groups excluding carboxylic acids is 1. The summed E-state index contributed by atoms with van der Waals surface area (Å²) < 4.78 is 5.57. The fraction of sp³-hybridized carbons (Fsp3) is 0.471. The number of benzene rings is 1. The fourth-order valence-electron chi connectivity index (χ4n) is 2.39. The van der Waals surface area contributed by atoms with Gasteiger partial charge in [-0.05, 0) is 69.9 Å². The van der Waals surface area contributed by atoms with Crippen molar-refractivity contribution in [2.75, 3.05) is 0 Å². The molecule has 2 heteroatoms. The zero-order valence-electron chi connectivity index (χ0n) is 11.8. The van der Waals surface area contributed by atoms with Gasteiger partial charge in [-0.3, -0.25) is 4.79 Å². The Kier molecular flexibility index (Phi) is 4.78. The molecule has 2 nitrogen and oxygen atoms in total. The molecule has 0 aliphatic heterocycles. The summed E-state index contributed by atoms with van der Waals surface area (Å²) in [7, 11) is 0. The molecule has 19 heavy (non-hydrogen) atoms. The maximum atomic E-state index is 12.1. The van der Waals surface area contributed by atoms with Crippen LogP contribution in [0, 0.1) is 0 Å². The van der Waals surface area contributed by atoms with Crippen molar-refractivity contribution in [2.24, 2.45) is 0 Å². The Balaban J connectivity index is 2.02. The van der Waals surface area contributed by atoms with Gasteiger partial charge < -0.3 is 4.74 Å². The van der Waals surface area contributed by atoms with E-state index >= 15 is 0 Å². The molecule has 0 heterocycles. The average molecular weight is 258 g/mol. The van der Waals surface area contributed by atoms with Crippen LogP contribution in [0.1, 0.15) is 56.3 Å². The van der Waals surface area contributed by atoms with E-state index in [2.05, 4.69) is 0 Å². The first-order chi connectivity index (χ1) is 9.15. The first-order valence-corrected chi connectivity index (χ1v) is 7.15. The minimum absolute atomic E-state index is 0.119. The van der Waals surface area contributed by atoms with Crippen molar-refractivity contribution in [3.8, 4) is 5.75 Å². The summed E-state index contributed by atoms with van der Waals surface area (Å²) in [5, 5.41) is 0. The number of hydrogen-bond acceptors (Lipinski definition) is 2. The zero-order chi connectivity index (χ0) is 13.7. The highest BCUT2D eigenvalue weighted by molar-refractivity contribution is 6.04. The molecule has 1 aromatic rings. The third-order valence-electron chi connectivity index (χ3n) is 3.34. The van der Waals surface area contributed by atoms with Crippen LogP contribution in [0.3, 0.4) is 0 Å². The molecule has 1 aliphatic rings. The molecule has 102 valence electrons. The molecule has 0 atom stereocenters. The molecule has 2 rings (SSSR count). The minimum atomic E-state index is 0.119. The van der Waals surface area contributed by atoms with E-state index in [1.54, 1.807) is 0 Å². The summed E-state index contributed by atoms with van der Waals surface area (Å²) >= 11 is 0. The summed E-state index contributed by atoms with van der Waals surface area (Å²) in [4.78, 5) is 12.1. The van der Waals surface area contributed by atoms with Crippen LogP contribution < -0.4 is 4.74 Å². The van der Waals surface area contributed by atoms with Gasteiger partial charge >= 0.3 is 0 Å². The Labute approximate surface area is 115 Å². The van der Waals surface area contributed by atoms with Crippen molar-refractivity contribution >= 4 is 5.78 Å². The van der Waals surface area contributed by atoms with Gasteiger partial charge in [0.15, 0.2) is 5.78 Å². The topological polar surface area (TPSA) is 26.3 Å². The average Bonchev–Trinajstić information content (AvgIpc) is 2.40. The van der Waals surface area contributed by atoms with Gasteiger partial charge in [-0.25, -0.2) is 0 Å². The van der Waals surface area contributed by atoms with E-state index in [0.29, 0.717) is 0 Å². The van der Waals surface area contributed by atoms with Crippen molar-refractivity contribution in [1.29, 1.82) is 0 Å². The lowest BCUT2D eigenvalue weighted by Gasteiger charge is -2.13. The van der Waals surface area contributed by atoms with Crippen molar-refractivity contribution < 1.29 is 9.53 Å². The molecule has 0 aromatic heterocycles. The fourth-order valence-corrected chi connectivity index (χ4v) is 2.39. The molecule has 0 saturated heterocycles. The van der Waals surface area contributed by atoms with Gasteiger partial charge in [0, 0.05) is 5.56 Å². The summed E-state index contributed by atoms with van der Waals surface area (Å²) in [6.07, 6.45) is 7.90. The van der Waals surface area contributed by atoms with Gasteiger partial charge in [0.1, 0.15) is 5.75 Å². The third kappa shape index (κ3) is 4.23. The standard InChI is InChI=1S/C17H22O2/c1-13(2)19-16-10-8-15(9-11-16)17(18)12-14-6-4-3-5-7-14/h8-13H,3-7H2,1-2H3. The molecule has 0 amide bonds. The molecule has 0 radical (unpaired) electrons. The number of ketones is 1. The summed E-state index contributed by atoms with van der Waals surface area (Å²) in [5.41, 5.74) is 2.05. The molecule has 1 fully saturated rings. The highest BCUT2D eigenvalue weighted by Gasteiger charge is 2.09. The van der Waals surface area contributed by atoms with Crippen LogP contribution in [0.25, 0.3) is 0 Å². The van der Waals surface area contributed by atoms with Crippen LogP contribution in [0.15, 0.2) is 35.9 Å². The van der Waals surface area contributed by atoms with E-state index in [4.69, 9.17) is 4.74 Å². The van der Waals surface area contributed by atoms with E-state index in [-0.39, 0.29) is 11.9 Å². The molecule has 0 spiro atoms. The highest BCUT2D eigenvalue weighted by Crippen LogP contribution is 2.23. The van der Waals surface area contributed by atoms with Crippen LogP contribution in [-0.4, -0.2) is 11.9 Å². The van der Waals surface area contributed by atoms with Crippen molar-refractivity contribution in [3.05, 3.63) is 41.5 Å². The second-order valence-electron chi connectivity index (χ2n) is 5.42. The summed E-state index contributed by atoms with van der Waals surface area (Å²) in [5.74, 6) is 0.935. The number of hydrogen-bond donors (Lipinski definition) is 0. The quantitative estimate of drug-likeness (QED) is 0.585. The van der Waals surface area contributed by atoms with Gasteiger partial charge in [0.25, 0.3) is 0 Å². The van der Waals surface area contributed by atoms with E-state index in [9.17, 15) is 4.79 Å². The maximum Gasteiger partial charge on any atom is 0.185 e. The molecule has 0 bridgehead atoms. The van der Waals surface area contributed by atoms with E-state index in [0.717, 1.165) is 24.2 Å². The largest absolute Gasteiger partial charge is 0.491 e. The monoisotopic (exact) mass is 258 g/mol. The Morgan fingerprint density at radius 1 is 1.11 bits per heavy atom. The number of carbonyl (C=O) groups is 1. The van der Waals surface area contributed by atoms with Gasteiger partial charge in [0.2, 0.25) is 0 Å². The van der Waals surface area contributed by atoms with Crippen LogP contribution in [0.4, 0.5) is 0 Å². The first-order valence-electron chi connectivity index (χ1n) is 7.15. The van der Waals surface area contributed by atoms with Gasteiger partial charge in [0.05, 0.1) is 6.10 Å². The summed E-state index contributed by atoms with van der Waals surface area (Å²) in [6.45, 7) is 3.99. The molecular weight excluding hydrogens is 236 g/mol. The zero-order valence-corrected chi connectivity index (χ0v) is 11.8. The Bertz CT molecular complexity index is 447. The maximum absolute atomic E-state index is 12.1. The molecular formula is C17H22O2. The van der Waals surface area contributed by atoms with E-state index in [1.165, 1.54) is 24.8 Å². The van der Waals surface area contributed by atoms with Gasteiger partial charge in [-0.2, -0.15) is 0 Å². The highest BCUT2D eigenvalue weighted by atomic mass is 16.5. The Morgan fingerprint density at radius 3 is 2.32 bits per heavy atom. The lowest BCUT2D eigenvalue weighted by Crippen LogP contribution is -2.05. The molecule has 1 saturated carbocycles. The van der Waals surface area contributed by atoms with E-state index < -0.39 is 0 Å². The molecule has 0 N–H and O–H groups in total. The Morgan fingerprint density at radius 2 is 1.74 bits per heavy atom. The first kappa shape index (κ1) is 13.9. The van der Waals surface area contributed by atoms with E-state index in [1.807, 2.05) is 44.2 Å². The lowest BCUT2D eigenvalue weighted by atomic mass is 9.93. The van der Waals surface area contributed by atoms with Crippen molar-refractivity contribution in [3.63, 3.8) is 0 Å². The SMILES string of the molecule is CC(C)Oc1ccc(C(=O)C=C2CCCCC2)cc1. The van der Waals surface area contributed by atoms with Crippen molar-refractivity contribution in [2.45, 2.75) is 52.1 Å². The normalized spacial score (nSPS) is 15.4. The second-order valence-corrected chi connectivity index (χ2v) is 5.42. The minimum Gasteiger partial charge on any atom is -0.491 e. The summed E-state index contributed by atoms with van der Waals surface area (Å²) in [6, 6.07) is 7.43. The lowest BCUT2D eigenvalue weighted by molar-refractivity contribution is 0.104. The predicted molar refractivity (Wildman–Crippen MR) is 77.7 cm³/mol. The molecule has 1 aromatic carbocycles. The number of rotatable bonds is 4. The second kappa shape index (κ2) is 6.55. The molecule has 1 aliphatic carbocycles.